The smallest absolute Gasteiger partial charge is 0.193 e. The molecule has 0 amide bonds. The molecule has 0 bridgehead atoms. The van der Waals surface area contributed by atoms with Crippen molar-refractivity contribution in [3.63, 3.8) is 0 Å². The lowest BCUT2D eigenvalue weighted by molar-refractivity contribution is 0.103. The first kappa shape index (κ1) is 13.3. The Hall–Kier alpha value is -2.14. The van der Waals surface area contributed by atoms with E-state index in [1.54, 1.807) is 24.3 Å². The van der Waals surface area contributed by atoms with Gasteiger partial charge < -0.3 is 5.73 Å². The molecule has 2 aromatic rings. The van der Waals surface area contributed by atoms with Crippen LogP contribution in [0.3, 0.4) is 0 Å². The number of hydrogen-bond acceptors (Lipinski definition) is 4. The van der Waals surface area contributed by atoms with Crippen molar-refractivity contribution < 1.29 is 13.2 Å². The van der Waals surface area contributed by atoms with Crippen molar-refractivity contribution in [3.05, 3.63) is 59.7 Å². The second kappa shape index (κ2) is 4.85. The number of anilines is 1. The van der Waals surface area contributed by atoms with E-state index in [9.17, 15) is 13.2 Å². The molecule has 0 spiro atoms. The molecule has 2 N–H and O–H groups in total. The first-order chi connectivity index (χ1) is 8.89. The summed E-state index contributed by atoms with van der Waals surface area (Å²) in [6.45, 7) is 0. The molecule has 0 aliphatic heterocycles. The molecular weight excluding hydrogens is 262 g/mol. The summed E-state index contributed by atoms with van der Waals surface area (Å²) in [5.74, 6) is -0.188. The molecule has 5 heteroatoms. The fourth-order valence-corrected chi connectivity index (χ4v) is 2.59. The molecular formula is C14H13NO3S. The highest BCUT2D eigenvalue weighted by Gasteiger charge is 2.15. The minimum Gasteiger partial charge on any atom is -0.398 e. The molecule has 0 aliphatic rings. The molecule has 2 aromatic carbocycles. The standard InChI is InChI=1S/C14H13NO3S/c1-19(17,18)13-8-7-11(9-12(13)15)14(16)10-5-3-2-4-6-10/h2-9H,15H2,1H3. The molecule has 0 aromatic heterocycles. The van der Waals surface area contributed by atoms with Crippen molar-refractivity contribution in [3.8, 4) is 0 Å². The summed E-state index contributed by atoms with van der Waals surface area (Å²) in [4.78, 5) is 12.2. The van der Waals surface area contributed by atoms with E-state index in [0.29, 0.717) is 11.1 Å². The molecule has 2 rings (SSSR count). The first-order valence-electron chi connectivity index (χ1n) is 5.59. The van der Waals surface area contributed by atoms with Crippen LogP contribution in [-0.4, -0.2) is 20.5 Å². The second-order valence-electron chi connectivity index (χ2n) is 4.22. The van der Waals surface area contributed by atoms with E-state index >= 15 is 0 Å². The third-order valence-corrected chi connectivity index (χ3v) is 3.88. The van der Waals surface area contributed by atoms with Gasteiger partial charge in [-0.25, -0.2) is 8.42 Å². The van der Waals surface area contributed by atoms with Gasteiger partial charge in [0.2, 0.25) is 0 Å². The Morgan fingerprint density at radius 2 is 1.63 bits per heavy atom. The van der Waals surface area contributed by atoms with Gasteiger partial charge >= 0.3 is 0 Å². The van der Waals surface area contributed by atoms with Gasteiger partial charge in [0.1, 0.15) is 0 Å². The average Bonchev–Trinajstić information content (AvgIpc) is 2.37. The molecule has 0 aliphatic carbocycles. The molecule has 0 radical (unpaired) electrons. The number of rotatable bonds is 3. The fourth-order valence-electron chi connectivity index (χ4n) is 1.78. The van der Waals surface area contributed by atoms with Crippen LogP contribution in [0, 0.1) is 0 Å². The monoisotopic (exact) mass is 275 g/mol. The molecule has 19 heavy (non-hydrogen) atoms. The van der Waals surface area contributed by atoms with Crippen molar-refractivity contribution in [2.75, 3.05) is 12.0 Å². The summed E-state index contributed by atoms with van der Waals surface area (Å²) in [6, 6.07) is 13.0. The number of carbonyl (C=O) groups is 1. The van der Waals surface area contributed by atoms with Gasteiger partial charge in [-0.2, -0.15) is 0 Å². The highest BCUT2D eigenvalue weighted by molar-refractivity contribution is 7.90. The zero-order valence-electron chi connectivity index (χ0n) is 10.3. The topological polar surface area (TPSA) is 77.2 Å². The molecule has 98 valence electrons. The van der Waals surface area contributed by atoms with Gasteiger partial charge in [0, 0.05) is 17.4 Å². The summed E-state index contributed by atoms with van der Waals surface area (Å²) in [5, 5.41) is 0. The molecule has 0 unspecified atom stereocenters. The molecule has 0 fully saturated rings. The lowest BCUT2D eigenvalue weighted by atomic mass is 10.0. The minimum absolute atomic E-state index is 0.0390. The summed E-state index contributed by atoms with van der Waals surface area (Å²) in [5.41, 5.74) is 6.69. The Balaban J connectivity index is 2.44. The number of ketones is 1. The van der Waals surface area contributed by atoms with Crippen LogP contribution >= 0.6 is 0 Å². The number of hydrogen-bond donors (Lipinski definition) is 1. The minimum atomic E-state index is -3.38. The highest BCUT2D eigenvalue weighted by Crippen LogP contribution is 2.21. The average molecular weight is 275 g/mol. The van der Waals surface area contributed by atoms with Crippen molar-refractivity contribution in [1.82, 2.24) is 0 Å². The number of carbonyl (C=O) groups excluding carboxylic acids is 1. The third-order valence-electron chi connectivity index (χ3n) is 2.71. The van der Waals surface area contributed by atoms with Crippen LogP contribution in [-0.2, 0) is 9.84 Å². The van der Waals surface area contributed by atoms with Crippen molar-refractivity contribution >= 4 is 21.3 Å². The van der Waals surface area contributed by atoms with Crippen LogP contribution in [0.5, 0.6) is 0 Å². The van der Waals surface area contributed by atoms with Gasteiger partial charge in [0.25, 0.3) is 0 Å². The van der Waals surface area contributed by atoms with Crippen LogP contribution in [0.2, 0.25) is 0 Å². The second-order valence-corrected chi connectivity index (χ2v) is 6.20. The van der Waals surface area contributed by atoms with Crippen molar-refractivity contribution in [1.29, 1.82) is 0 Å². The number of nitrogen functional groups attached to an aromatic ring is 1. The lowest BCUT2D eigenvalue weighted by Gasteiger charge is -2.06. The number of nitrogens with two attached hydrogens (primary N) is 1. The summed E-state index contributed by atoms with van der Waals surface area (Å²) in [6.07, 6.45) is 1.08. The Bertz CT molecular complexity index is 722. The van der Waals surface area contributed by atoms with Gasteiger partial charge in [-0.05, 0) is 18.2 Å². The van der Waals surface area contributed by atoms with Gasteiger partial charge in [0.05, 0.1) is 10.6 Å². The summed E-state index contributed by atoms with van der Waals surface area (Å²) >= 11 is 0. The molecule has 0 atom stereocenters. The zero-order chi connectivity index (χ0) is 14.0. The quantitative estimate of drug-likeness (QED) is 0.685. The number of sulfone groups is 1. The third kappa shape index (κ3) is 2.82. The van der Waals surface area contributed by atoms with Crippen LogP contribution in [0.1, 0.15) is 15.9 Å². The van der Waals surface area contributed by atoms with Crippen LogP contribution in [0.25, 0.3) is 0 Å². The van der Waals surface area contributed by atoms with E-state index in [1.165, 1.54) is 18.2 Å². The maximum Gasteiger partial charge on any atom is 0.193 e. The SMILES string of the molecule is CS(=O)(=O)c1ccc(C(=O)c2ccccc2)cc1N. The summed E-state index contributed by atoms with van der Waals surface area (Å²) < 4.78 is 22.9. The first-order valence-corrected chi connectivity index (χ1v) is 7.48. The zero-order valence-corrected chi connectivity index (χ0v) is 11.1. The van der Waals surface area contributed by atoms with E-state index in [4.69, 9.17) is 5.73 Å². The highest BCUT2D eigenvalue weighted by atomic mass is 32.2. The predicted molar refractivity (Wildman–Crippen MR) is 73.8 cm³/mol. The van der Waals surface area contributed by atoms with Crippen LogP contribution in [0.15, 0.2) is 53.4 Å². The van der Waals surface area contributed by atoms with Gasteiger partial charge in [-0.15, -0.1) is 0 Å². The predicted octanol–water partition coefficient (Wildman–Crippen LogP) is 1.90. The lowest BCUT2D eigenvalue weighted by Crippen LogP contribution is -2.06. The number of benzene rings is 2. The maximum atomic E-state index is 12.2. The maximum absolute atomic E-state index is 12.2. The largest absolute Gasteiger partial charge is 0.398 e. The van der Waals surface area contributed by atoms with E-state index in [0.717, 1.165) is 6.26 Å². The van der Waals surface area contributed by atoms with Gasteiger partial charge in [-0.1, -0.05) is 30.3 Å². The Morgan fingerprint density at radius 3 is 2.16 bits per heavy atom. The molecule has 0 heterocycles. The van der Waals surface area contributed by atoms with E-state index in [2.05, 4.69) is 0 Å². The Morgan fingerprint density at radius 1 is 1.00 bits per heavy atom. The van der Waals surface area contributed by atoms with E-state index < -0.39 is 9.84 Å². The molecule has 0 saturated heterocycles. The molecule has 4 nitrogen and oxygen atoms in total. The van der Waals surface area contributed by atoms with Crippen molar-refractivity contribution in [2.45, 2.75) is 4.90 Å². The van der Waals surface area contributed by atoms with Gasteiger partial charge in [-0.3, -0.25) is 4.79 Å². The fraction of sp³-hybridized carbons (Fsp3) is 0.0714. The Kier molecular flexibility index (Phi) is 3.40. The van der Waals surface area contributed by atoms with Crippen LogP contribution < -0.4 is 5.73 Å². The van der Waals surface area contributed by atoms with E-state index in [-0.39, 0.29) is 16.4 Å². The summed E-state index contributed by atoms with van der Waals surface area (Å²) in [7, 11) is -3.38. The van der Waals surface area contributed by atoms with Gasteiger partial charge in [0.15, 0.2) is 15.6 Å². The van der Waals surface area contributed by atoms with Crippen LogP contribution in [0.4, 0.5) is 5.69 Å². The van der Waals surface area contributed by atoms with E-state index in [1.807, 2.05) is 6.07 Å². The molecule has 0 saturated carbocycles. The Labute approximate surface area is 111 Å². The normalized spacial score (nSPS) is 11.2. The van der Waals surface area contributed by atoms with Crippen molar-refractivity contribution in [2.24, 2.45) is 0 Å².